The minimum absolute atomic E-state index is 0.0961. The van der Waals surface area contributed by atoms with Crippen molar-refractivity contribution in [1.82, 2.24) is 15.3 Å². The highest BCUT2D eigenvalue weighted by Crippen LogP contribution is 2.48. The van der Waals surface area contributed by atoms with Crippen molar-refractivity contribution in [3.05, 3.63) is 39.5 Å². The number of methoxy groups -OCH3 is 2. The number of rotatable bonds is 8. The number of nitrogens with zero attached hydrogens (tertiary/aromatic N) is 4. The molecule has 2 aliphatic heterocycles. The van der Waals surface area contributed by atoms with Gasteiger partial charge in [-0.15, -0.1) is 0 Å². The highest BCUT2D eigenvalue weighted by atomic mass is 35.5. The van der Waals surface area contributed by atoms with Gasteiger partial charge in [-0.2, -0.15) is 4.98 Å². The Bertz CT molecular complexity index is 1220. The molecular weight excluding hydrogens is 563 g/mol. The van der Waals surface area contributed by atoms with Gasteiger partial charge in [-0.1, -0.05) is 41.4 Å². The molecule has 198 valence electrons. The summed E-state index contributed by atoms with van der Waals surface area (Å²) in [5.74, 6) is 1.38. The molecule has 2 aromatic rings. The van der Waals surface area contributed by atoms with E-state index in [0.717, 1.165) is 5.56 Å². The second-order valence-corrected chi connectivity index (χ2v) is 9.76. The largest absolute Gasteiger partial charge is 0.495 e. The fourth-order valence-electron chi connectivity index (χ4n) is 4.11. The molecule has 14 heteroatoms. The summed E-state index contributed by atoms with van der Waals surface area (Å²) in [5, 5.41) is 7.01. The number of aromatic nitrogens is 2. The van der Waals surface area contributed by atoms with E-state index in [0.29, 0.717) is 70.4 Å². The number of fused-ring (bicyclic) bond motifs is 1. The van der Waals surface area contributed by atoms with Crippen LogP contribution in [0.2, 0.25) is 10.0 Å². The third kappa shape index (κ3) is 5.37. The standard InChI is InChI=1S/C23H25Cl3N6O4S/c1-5-31-20-12(7-27-22(30-20)29-14-10-36-9-13(14)28-21(33)11(2)24)8-32(23(31)37)19-17(25)15(34-3)6-16(35-4)18(19)26/h6-7,13-14H,2,5,8-10H2,1,3-4H3,(H,28,33)(H,27,29,30)/t13-,14+/m0/s1. The molecule has 1 saturated heterocycles. The van der Waals surface area contributed by atoms with Crippen LogP contribution in [0.1, 0.15) is 12.5 Å². The van der Waals surface area contributed by atoms with Crippen molar-refractivity contribution in [3.63, 3.8) is 0 Å². The Morgan fingerprint density at radius 3 is 2.49 bits per heavy atom. The number of benzene rings is 1. The van der Waals surface area contributed by atoms with Gasteiger partial charge in [-0.05, 0) is 19.1 Å². The van der Waals surface area contributed by atoms with Gasteiger partial charge in [0, 0.05) is 24.4 Å². The average Bonchev–Trinajstić information content (AvgIpc) is 3.31. The van der Waals surface area contributed by atoms with Crippen molar-refractivity contribution in [1.29, 1.82) is 0 Å². The zero-order valence-corrected chi connectivity index (χ0v) is 23.4. The Hall–Kier alpha value is -2.57. The van der Waals surface area contributed by atoms with Gasteiger partial charge in [0.05, 0.1) is 56.8 Å². The van der Waals surface area contributed by atoms with Gasteiger partial charge in [-0.3, -0.25) is 4.79 Å². The second kappa shape index (κ2) is 11.4. The Balaban J connectivity index is 1.64. The SMILES string of the molecule is C=C(Cl)C(=O)N[C@H]1COC[C@H]1Nc1ncc2c(n1)N(CC)C(=S)N(c1c(Cl)c(OC)cc(OC)c1Cl)C2. The quantitative estimate of drug-likeness (QED) is 0.348. The third-order valence-electron chi connectivity index (χ3n) is 5.98. The lowest BCUT2D eigenvalue weighted by Crippen LogP contribution is -2.48. The number of carbonyl (C=O) groups excluding carboxylic acids is 1. The minimum atomic E-state index is -0.454. The monoisotopic (exact) mass is 586 g/mol. The zero-order valence-electron chi connectivity index (χ0n) is 20.3. The predicted molar refractivity (Wildman–Crippen MR) is 149 cm³/mol. The van der Waals surface area contributed by atoms with E-state index < -0.39 is 5.91 Å². The van der Waals surface area contributed by atoms with Crippen LogP contribution in [0.3, 0.4) is 0 Å². The number of halogens is 3. The van der Waals surface area contributed by atoms with Crippen molar-refractivity contribution < 1.29 is 19.0 Å². The van der Waals surface area contributed by atoms with Crippen LogP contribution in [0, 0.1) is 0 Å². The van der Waals surface area contributed by atoms with E-state index in [-0.39, 0.29) is 17.1 Å². The topological polar surface area (TPSA) is 101 Å². The molecule has 0 aliphatic carbocycles. The number of anilines is 3. The lowest BCUT2D eigenvalue weighted by atomic mass is 10.1. The maximum absolute atomic E-state index is 12.0. The average molecular weight is 588 g/mol. The number of hydrogen-bond donors (Lipinski definition) is 2. The molecule has 2 N–H and O–H groups in total. The first-order chi connectivity index (χ1) is 17.7. The van der Waals surface area contributed by atoms with Crippen molar-refractivity contribution >= 4 is 75.5 Å². The molecule has 2 atom stereocenters. The maximum Gasteiger partial charge on any atom is 0.262 e. The van der Waals surface area contributed by atoms with Crippen molar-refractivity contribution in [3.8, 4) is 11.5 Å². The molecule has 1 aromatic carbocycles. The molecule has 4 rings (SSSR count). The summed E-state index contributed by atoms with van der Waals surface area (Å²) < 4.78 is 16.4. The van der Waals surface area contributed by atoms with Crippen LogP contribution in [0.15, 0.2) is 23.9 Å². The van der Waals surface area contributed by atoms with Gasteiger partial charge >= 0.3 is 0 Å². The number of thiocarbonyl (C=S) groups is 1. The first-order valence-electron chi connectivity index (χ1n) is 11.2. The molecule has 2 aliphatic rings. The molecule has 10 nitrogen and oxygen atoms in total. The predicted octanol–water partition coefficient (Wildman–Crippen LogP) is 3.98. The van der Waals surface area contributed by atoms with Gasteiger partial charge in [-0.25, -0.2) is 4.98 Å². The summed E-state index contributed by atoms with van der Waals surface area (Å²) in [6.45, 7) is 6.94. The fraction of sp³-hybridized carbons (Fsp3) is 0.391. The van der Waals surface area contributed by atoms with E-state index >= 15 is 0 Å². The highest BCUT2D eigenvalue weighted by Gasteiger charge is 2.35. The van der Waals surface area contributed by atoms with E-state index in [4.69, 9.17) is 66.2 Å². The van der Waals surface area contributed by atoms with Gasteiger partial charge in [0.1, 0.15) is 27.4 Å². The zero-order chi connectivity index (χ0) is 26.9. The minimum Gasteiger partial charge on any atom is -0.495 e. The van der Waals surface area contributed by atoms with Crippen LogP contribution in [0.5, 0.6) is 11.5 Å². The van der Waals surface area contributed by atoms with Crippen LogP contribution in [0.25, 0.3) is 0 Å². The van der Waals surface area contributed by atoms with Crippen LogP contribution < -0.4 is 29.9 Å². The molecule has 1 fully saturated rings. The maximum atomic E-state index is 12.0. The summed E-state index contributed by atoms with van der Waals surface area (Å²) in [7, 11) is 3.03. The summed E-state index contributed by atoms with van der Waals surface area (Å²) in [6.07, 6.45) is 1.71. The smallest absolute Gasteiger partial charge is 0.262 e. The van der Waals surface area contributed by atoms with Gasteiger partial charge in [0.25, 0.3) is 5.91 Å². The molecule has 37 heavy (non-hydrogen) atoms. The van der Waals surface area contributed by atoms with Crippen molar-refractivity contribution in [2.75, 3.05) is 49.1 Å². The van der Waals surface area contributed by atoms with E-state index in [1.54, 1.807) is 12.3 Å². The Morgan fingerprint density at radius 2 is 1.89 bits per heavy atom. The van der Waals surface area contributed by atoms with Crippen molar-refractivity contribution in [2.45, 2.75) is 25.6 Å². The first kappa shape index (κ1) is 27.5. The van der Waals surface area contributed by atoms with Gasteiger partial charge < -0.3 is 34.6 Å². The Kier molecular flexibility index (Phi) is 8.49. The first-order valence-corrected chi connectivity index (χ1v) is 12.8. The number of amides is 1. The van der Waals surface area contributed by atoms with Crippen LogP contribution in [0.4, 0.5) is 17.5 Å². The van der Waals surface area contributed by atoms with Gasteiger partial charge in [0.2, 0.25) is 5.95 Å². The Morgan fingerprint density at radius 1 is 1.24 bits per heavy atom. The molecule has 0 unspecified atom stereocenters. The Labute approximate surface area is 234 Å². The summed E-state index contributed by atoms with van der Waals surface area (Å²) in [4.78, 5) is 24.9. The number of carbonyl (C=O) groups is 1. The van der Waals surface area contributed by atoms with Crippen LogP contribution in [-0.2, 0) is 16.1 Å². The summed E-state index contributed by atoms with van der Waals surface area (Å²) in [5.41, 5.74) is 1.28. The summed E-state index contributed by atoms with van der Waals surface area (Å²) in [6, 6.07) is 1.04. The fourth-order valence-corrected chi connectivity index (χ4v) is 5.24. The molecule has 0 radical (unpaired) electrons. The van der Waals surface area contributed by atoms with Crippen LogP contribution >= 0.6 is 47.0 Å². The summed E-state index contributed by atoms with van der Waals surface area (Å²) >= 11 is 24.9. The molecule has 0 saturated carbocycles. The van der Waals surface area contributed by atoms with E-state index in [1.807, 2.05) is 16.7 Å². The highest BCUT2D eigenvalue weighted by molar-refractivity contribution is 7.80. The van der Waals surface area contributed by atoms with E-state index in [2.05, 4.69) is 22.2 Å². The van der Waals surface area contributed by atoms with Crippen molar-refractivity contribution in [2.24, 2.45) is 0 Å². The number of hydrogen-bond acceptors (Lipinski definition) is 8. The third-order valence-corrected chi connectivity index (χ3v) is 7.33. The van der Waals surface area contributed by atoms with E-state index in [9.17, 15) is 4.79 Å². The van der Waals surface area contributed by atoms with Gasteiger partial charge in [0.15, 0.2) is 5.11 Å². The molecule has 3 heterocycles. The molecule has 1 amide bonds. The normalized spacial score (nSPS) is 18.9. The van der Waals surface area contributed by atoms with E-state index in [1.165, 1.54) is 14.2 Å². The molecule has 0 spiro atoms. The lowest BCUT2D eigenvalue weighted by molar-refractivity contribution is -0.117. The number of ether oxygens (including phenoxy) is 3. The lowest BCUT2D eigenvalue weighted by Gasteiger charge is -2.39. The molecular formula is C23H25Cl3N6O4S. The number of nitrogens with one attached hydrogen (secondary N) is 2. The second-order valence-electron chi connectivity index (χ2n) is 8.19. The molecule has 0 bridgehead atoms. The molecule has 1 aromatic heterocycles. The van der Waals surface area contributed by atoms with Crippen LogP contribution in [-0.4, -0.2) is 67.0 Å².